The Morgan fingerprint density at radius 2 is 1.60 bits per heavy atom. The van der Waals surface area contributed by atoms with Crippen LogP contribution in [-0.4, -0.2) is 22.5 Å². The molecule has 1 aliphatic carbocycles. The van der Waals surface area contributed by atoms with E-state index in [-0.39, 0.29) is 11.6 Å². The summed E-state index contributed by atoms with van der Waals surface area (Å²) in [7, 11) is 0. The van der Waals surface area contributed by atoms with Crippen molar-refractivity contribution in [1.29, 1.82) is 0 Å². The van der Waals surface area contributed by atoms with E-state index < -0.39 is 17.1 Å². The highest BCUT2D eigenvalue weighted by Crippen LogP contribution is 2.41. The van der Waals surface area contributed by atoms with Gasteiger partial charge >= 0.3 is 6.03 Å². The lowest BCUT2D eigenvalue weighted by molar-refractivity contribution is -0.123. The highest BCUT2D eigenvalue weighted by molar-refractivity contribution is 6.25. The summed E-state index contributed by atoms with van der Waals surface area (Å²) in [4.78, 5) is 43.7. The van der Waals surface area contributed by atoms with Gasteiger partial charge in [0.15, 0.2) is 0 Å². The van der Waals surface area contributed by atoms with Crippen molar-refractivity contribution in [2.45, 2.75) is 38.1 Å². The molecule has 0 radical (unpaired) electrons. The quantitative estimate of drug-likeness (QED) is 0.632. The van der Waals surface area contributed by atoms with Gasteiger partial charge in [0, 0.05) is 16.5 Å². The van der Waals surface area contributed by atoms with E-state index >= 15 is 0 Å². The van der Waals surface area contributed by atoms with Gasteiger partial charge in [-0.25, -0.2) is 9.69 Å². The third kappa shape index (κ3) is 2.75. The van der Waals surface area contributed by atoms with Gasteiger partial charge in [-0.1, -0.05) is 55.5 Å². The topological polar surface area (TPSA) is 82.3 Å². The largest absolute Gasteiger partial charge is 0.329 e. The minimum Gasteiger partial charge on any atom is -0.323 e. The Labute approximate surface area is 173 Å². The van der Waals surface area contributed by atoms with Gasteiger partial charge in [-0.3, -0.25) is 9.59 Å². The van der Waals surface area contributed by atoms with E-state index in [1.165, 1.54) is 0 Å². The summed E-state index contributed by atoms with van der Waals surface area (Å²) in [5.41, 5.74) is 0.789. The normalized spacial score (nSPS) is 23.9. The lowest BCUT2D eigenvalue weighted by Crippen LogP contribution is -2.49. The molecular formula is C24H23N3O3. The van der Waals surface area contributed by atoms with Crippen LogP contribution in [0.15, 0.2) is 59.4 Å². The van der Waals surface area contributed by atoms with E-state index in [0.29, 0.717) is 29.8 Å². The highest BCUT2D eigenvalue weighted by atomic mass is 16.2. The zero-order valence-electron chi connectivity index (χ0n) is 16.8. The van der Waals surface area contributed by atoms with E-state index in [2.05, 4.69) is 17.2 Å². The number of nitrogens with zero attached hydrogens (tertiary/aromatic N) is 1. The van der Waals surface area contributed by atoms with Crippen molar-refractivity contribution in [3.8, 4) is 11.1 Å². The van der Waals surface area contributed by atoms with Crippen LogP contribution < -0.4 is 15.8 Å². The lowest BCUT2D eigenvalue weighted by Gasteiger charge is -2.33. The molecule has 1 spiro atoms. The number of para-hydroxylation sites is 1. The number of urea groups is 1. The van der Waals surface area contributed by atoms with Gasteiger partial charge in [-0.15, -0.1) is 0 Å². The number of carbonyl (C=O) groups excluding carboxylic acids is 2. The molecule has 0 bridgehead atoms. The maximum absolute atomic E-state index is 13.6. The minimum atomic E-state index is -0.907. The van der Waals surface area contributed by atoms with Crippen molar-refractivity contribution in [3.05, 3.63) is 65.0 Å². The van der Waals surface area contributed by atoms with Gasteiger partial charge < -0.3 is 10.3 Å². The molecule has 2 aromatic carbocycles. The van der Waals surface area contributed by atoms with E-state index in [0.717, 1.165) is 28.7 Å². The fraction of sp³-hybridized carbons (Fsp3) is 0.292. The number of rotatable bonds is 2. The number of hydrogen-bond donors (Lipinski definition) is 2. The van der Waals surface area contributed by atoms with Crippen molar-refractivity contribution in [2.75, 3.05) is 4.90 Å². The number of pyridine rings is 1. The first-order valence-electron chi connectivity index (χ1n) is 10.4. The molecule has 0 atom stereocenters. The molecule has 2 fully saturated rings. The summed E-state index contributed by atoms with van der Waals surface area (Å²) >= 11 is 0. The minimum absolute atomic E-state index is 0.0953. The summed E-state index contributed by atoms with van der Waals surface area (Å²) in [5, 5.41) is 3.72. The molecule has 3 aromatic rings. The van der Waals surface area contributed by atoms with Gasteiger partial charge in [0.05, 0.1) is 0 Å². The van der Waals surface area contributed by atoms with E-state index in [9.17, 15) is 14.4 Å². The van der Waals surface area contributed by atoms with E-state index in [4.69, 9.17) is 0 Å². The first kappa shape index (κ1) is 18.6. The molecule has 0 unspecified atom stereocenters. The van der Waals surface area contributed by atoms with Crippen LogP contribution in [0.2, 0.25) is 0 Å². The number of hydrogen-bond acceptors (Lipinski definition) is 3. The molecule has 1 aromatic heterocycles. The second-order valence-corrected chi connectivity index (χ2v) is 8.42. The van der Waals surface area contributed by atoms with Crippen molar-refractivity contribution < 1.29 is 9.59 Å². The average Bonchev–Trinajstić information content (AvgIpc) is 2.99. The van der Waals surface area contributed by atoms with Crippen LogP contribution in [0, 0.1) is 5.92 Å². The maximum atomic E-state index is 13.6. The lowest BCUT2D eigenvalue weighted by atomic mass is 9.77. The smallest absolute Gasteiger partial charge is 0.323 e. The Hall–Kier alpha value is -3.41. The second kappa shape index (κ2) is 6.83. The number of fused-ring (bicyclic) bond motifs is 1. The SMILES string of the molecule is CC1CCC2(CC1)NC(=O)N(c1c(-c3ccccc3)c3ccccc3[nH]c1=O)C2=O. The van der Waals surface area contributed by atoms with Crippen molar-refractivity contribution in [1.82, 2.24) is 10.3 Å². The van der Waals surface area contributed by atoms with Crippen molar-refractivity contribution in [3.63, 3.8) is 0 Å². The summed E-state index contributed by atoms with van der Waals surface area (Å²) in [5.74, 6) is 0.204. The van der Waals surface area contributed by atoms with Crippen LogP contribution in [0.25, 0.3) is 22.0 Å². The second-order valence-electron chi connectivity index (χ2n) is 8.42. The number of aromatic amines is 1. The third-order valence-corrected chi connectivity index (χ3v) is 6.47. The zero-order chi connectivity index (χ0) is 20.9. The van der Waals surface area contributed by atoms with Gasteiger partial charge in [-0.05, 0) is 43.2 Å². The number of nitrogens with one attached hydrogen (secondary N) is 2. The molecule has 1 saturated heterocycles. The molecule has 2 N–H and O–H groups in total. The van der Waals surface area contributed by atoms with Gasteiger partial charge in [0.25, 0.3) is 11.5 Å². The highest BCUT2D eigenvalue weighted by Gasteiger charge is 2.53. The van der Waals surface area contributed by atoms with Crippen molar-refractivity contribution >= 4 is 28.5 Å². The Balaban J connectivity index is 1.74. The first-order chi connectivity index (χ1) is 14.5. The van der Waals surface area contributed by atoms with Crippen LogP contribution in [0.1, 0.15) is 32.6 Å². The fourth-order valence-corrected chi connectivity index (χ4v) is 4.76. The molecule has 1 saturated carbocycles. The maximum Gasteiger partial charge on any atom is 0.329 e. The number of aromatic nitrogens is 1. The Kier molecular flexibility index (Phi) is 4.24. The molecule has 6 nitrogen and oxygen atoms in total. The Morgan fingerprint density at radius 3 is 2.33 bits per heavy atom. The van der Waals surface area contributed by atoms with Gasteiger partial charge in [0.1, 0.15) is 11.2 Å². The Bertz CT molecular complexity index is 1210. The molecule has 152 valence electrons. The molecule has 2 aliphatic rings. The Morgan fingerprint density at radius 1 is 0.933 bits per heavy atom. The standard InChI is InChI=1S/C24H23N3O3/c1-15-11-13-24(14-12-15)22(29)27(23(30)26-24)20-19(16-7-3-2-4-8-16)17-9-5-6-10-18(17)25-21(20)28/h2-10,15H,11-14H2,1H3,(H,25,28)(H,26,30). The van der Waals surface area contributed by atoms with E-state index in [1.54, 1.807) is 0 Å². The number of imide groups is 1. The summed E-state index contributed by atoms with van der Waals surface area (Å²) in [6.07, 6.45) is 2.95. The molecule has 1 aliphatic heterocycles. The van der Waals surface area contributed by atoms with Crippen LogP contribution in [0.4, 0.5) is 10.5 Å². The molecule has 5 rings (SSSR count). The van der Waals surface area contributed by atoms with Crippen LogP contribution in [-0.2, 0) is 4.79 Å². The number of benzene rings is 2. The molecule has 3 amide bonds. The first-order valence-corrected chi connectivity index (χ1v) is 10.4. The molecule has 2 heterocycles. The van der Waals surface area contributed by atoms with Crippen LogP contribution >= 0.6 is 0 Å². The monoisotopic (exact) mass is 401 g/mol. The molecule has 6 heteroatoms. The van der Waals surface area contributed by atoms with Crippen LogP contribution in [0.3, 0.4) is 0 Å². The predicted octanol–water partition coefficient (Wildman–Crippen LogP) is 4.20. The molecule has 30 heavy (non-hydrogen) atoms. The number of amides is 3. The van der Waals surface area contributed by atoms with Gasteiger partial charge in [0.2, 0.25) is 0 Å². The summed E-state index contributed by atoms with van der Waals surface area (Å²) in [6.45, 7) is 2.16. The average molecular weight is 401 g/mol. The number of anilines is 1. The zero-order valence-corrected chi connectivity index (χ0v) is 16.8. The fourth-order valence-electron chi connectivity index (χ4n) is 4.76. The number of H-pyrrole nitrogens is 1. The van der Waals surface area contributed by atoms with Crippen LogP contribution in [0.5, 0.6) is 0 Å². The number of carbonyl (C=O) groups is 2. The molecular weight excluding hydrogens is 378 g/mol. The third-order valence-electron chi connectivity index (χ3n) is 6.47. The van der Waals surface area contributed by atoms with E-state index in [1.807, 2.05) is 54.6 Å². The summed E-state index contributed by atoms with van der Waals surface area (Å²) < 4.78 is 0. The van der Waals surface area contributed by atoms with Gasteiger partial charge in [-0.2, -0.15) is 0 Å². The predicted molar refractivity (Wildman–Crippen MR) is 116 cm³/mol. The summed E-state index contributed by atoms with van der Waals surface area (Å²) in [6, 6.07) is 16.4. The van der Waals surface area contributed by atoms with Crippen molar-refractivity contribution in [2.24, 2.45) is 5.92 Å².